The van der Waals surface area contributed by atoms with Crippen LogP contribution < -0.4 is 10.6 Å². The van der Waals surface area contributed by atoms with Crippen molar-refractivity contribution in [2.45, 2.75) is 88.1 Å². The molecule has 0 aliphatic heterocycles. The third kappa shape index (κ3) is 5.40. The number of nitrogens with one attached hydrogen (secondary N) is 3. The molecule has 3 aromatic rings. The van der Waals surface area contributed by atoms with Crippen LogP contribution in [-0.2, 0) is 16.1 Å². The summed E-state index contributed by atoms with van der Waals surface area (Å²) in [4.78, 5) is 21.0. The van der Waals surface area contributed by atoms with Crippen molar-refractivity contribution < 1.29 is 31.8 Å². The lowest BCUT2D eigenvalue weighted by atomic mass is 10.0. The maximum absolute atomic E-state index is 15.2. The zero-order chi connectivity index (χ0) is 26.7. The van der Waals surface area contributed by atoms with E-state index in [9.17, 15) is 18.0 Å². The van der Waals surface area contributed by atoms with Crippen molar-refractivity contribution in [2.75, 3.05) is 5.32 Å². The molecule has 3 N–H and O–H groups in total. The SMILES string of the molecule is CC1(NC(=O)O[C@H]2CC[C@@H](c3cc(Nc4nc(C5CC5)cc5nc(COC(F)(F)F)cn45)n[nH]3)[C@H]2F)CC1. The van der Waals surface area contributed by atoms with Crippen molar-refractivity contribution in [3.8, 4) is 0 Å². The molecule has 3 aromatic heterocycles. The zero-order valence-corrected chi connectivity index (χ0v) is 20.5. The largest absolute Gasteiger partial charge is 0.522 e. The van der Waals surface area contributed by atoms with Gasteiger partial charge in [0, 0.05) is 41.4 Å². The third-order valence-corrected chi connectivity index (χ3v) is 7.30. The number of ether oxygens (including phenoxy) is 2. The van der Waals surface area contributed by atoms with E-state index in [1.807, 2.05) is 6.92 Å². The maximum atomic E-state index is 15.2. The number of H-pyrrole nitrogens is 1. The molecular formula is C24H27F4N7O3. The summed E-state index contributed by atoms with van der Waals surface area (Å²) in [5.74, 6) is 0.421. The first kappa shape index (κ1) is 24.9. The minimum Gasteiger partial charge on any atom is -0.443 e. The van der Waals surface area contributed by atoms with Crippen molar-refractivity contribution in [3.63, 3.8) is 0 Å². The number of alkyl carbamates (subject to hydrolysis) is 1. The number of carbonyl (C=O) groups excluding carboxylic acids is 1. The molecule has 0 unspecified atom stereocenters. The molecule has 3 aliphatic carbocycles. The number of rotatable bonds is 8. The first-order valence-electron chi connectivity index (χ1n) is 12.6. The number of hydrogen-bond donors (Lipinski definition) is 3. The molecule has 3 atom stereocenters. The van der Waals surface area contributed by atoms with Gasteiger partial charge in [-0.15, -0.1) is 13.2 Å². The molecule has 0 spiro atoms. The van der Waals surface area contributed by atoms with Gasteiger partial charge in [-0.1, -0.05) is 0 Å². The fraction of sp³-hybridized carbons (Fsp3) is 0.583. The van der Waals surface area contributed by atoms with Crippen LogP contribution in [0.2, 0.25) is 0 Å². The van der Waals surface area contributed by atoms with Gasteiger partial charge in [0.25, 0.3) is 0 Å². The normalized spacial score (nSPS) is 24.5. The van der Waals surface area contributed by atoms with E-state index in [0.29, 0.717) is 35.9 Å². The molecule has 0 saturated heterocycles. The molecule has 10 nitrogen and oxygen atoms in total. The quantitative estimate of drug-likeness (QED) is 0.347. The second-order valence-electron chi connectivity index (χ2n) is 10.6. The third-order valence-electron chi connectivity index (χ3n) is 7.30. The van der Waals surface area contributed by atoms with Gasteiger partial charge < -0.3 is 15.4 Å². The van der Waals surface area contributed by atoms with Crippen LogP contribution in [0.3, 0.4) is 0 Å². The maximum Gasteiger partial charge on any atom is 0.522 e. The van der Waals surface area contributed by atoms with Crippen LogP contribution in [-0.4, -0.2) is 54.8 Å². The van der Waals surface area contributed by atoms with Crippen LogP contribution in [0.25, 0.3) is 5.65 Å². The van der Waals surface area contributed by atoms with Crippen molar-refractivity contribution in [3.05, 3.63) is 35.4 Å². The molecule has 0 bridgehead atoms. The van der Waals surface area contributed by atoms with Crippen molar-refractivity contribution in [1.29, 1.82) is 0 Å². The number of nitrogens with zero attached hydrogens (tertiary/aromatic N) is 4. The van der Waals surface area contributed by atoms with E-state index in [0.717, 1.165) is 31.4 Å². The molecule has 1 amide bonds. The highest BCUT2D eigenvalue weighted by Crippen LogP contribution is 2.41. The van der Waals surface area contributed by atoms with Crippen LogP contribution in [0.5, 0.6) is 0 Å². The summed E-state index contributed by atoms with van der Waals surface area (Å²) in [6.07, 6.45) is -1.62. The summed E-state index contributed by atoms with van der Waals surface area (Å²) >= 11 is 0. The van der Waals surface area contributed by atoms with E-state index >= 15 is 4.39 Å². The van der Waals surface area contributed by atoms with E-state index in [-0.39, 0.29) is 17.2 Å². The van der Waals surface area contributed by atoms with E-state index in [2.05, 4.69) is 35.5 Å². The van der Waals surface area contributed by atoms with Crippen LogP contribution in [0, 0.1) is 0 Å². The molecule has 6 rings (SSSR count). The Labute approximate surface area is 214 Å². The van der Waals surface area contributed by atoms with Gasteiger partial charge in [-0.3, -0.25) is 14.2 Å². The molecule has 0 aromatic carbocycles. The highest BCUT2D eigenvalue weighted by atomic mass is 19.4. The van der Waals surface area contributed by atoms with Gasteiger partial charge in [0.2, 0.25) is 5.95 Å². The summed E-state index contributed by atoms with van der Waals surface area (Å²) in [7, 11) is 0. The summed E-state index contributed by atoms with van der Waals surface area (Å²) in [5.41, 5.74) is 1.60. The monoisotopic (exact) mass is 537 g/mol. The van der Waals surface area contributed by atoms with E-state index in [4.69, 9.17) is 4.74 Å². The Morgan fingerprint density at radius 2 is 2.00 bits per heavy atom. The lowest BCUT2D eigenvalue weighted by Crippen LogP contribution is -2.38. The number of hydrogen-bond acceptors (Lipinski definition) is 7. The number of aromatic nitrogens is 5. The van der Waals surface area contributed by atoms with Crippen LogP contribution in [0.4, 0.5) is 34.1 Å². The van der Waals surface area contributed by atoms with Crippen LogP contribution in [0.1, 0.15) is 74.4 Å². The number of halogens is 4. The van der Waals surface area contributed by atoms with Gasteiger partial charge in [0.1, 0.15) is 17.9 Å². The average Bonchev–Trinajstić information content (AvgIpc) is 3.68. The molecule has 38 heavy (non-hydrogen) atoms. The highest BCUT2D eigenvalue weighted by Gasteiger charge is 2.43. The summed E-state index contributed by atoms with van der Waals surface area (Å²) in [6.45, 7) is 1.19. The smallest absolute Gasteiger partial charge is 0.443 e. The standard InChI is InChI=1S/C24H27F4N7O3/c1-23(6-7-23)32-22(36)38-17-5-4-14(20(17)25)16-8-18(34-33-16)31-21-30-15(12-2-3-12)9-19-29-13(10-35(19)21)11-37-24(26,27)28/h8-10,12,14,17,20H,2-7,11H2,1H3,(H,32,36)(H2,30,31,33,34)/t14-,17-,20+/m0/s1. The van der Waals surface area contributed by atoms with Crippen molar-refractivity contribution >= 4 is 23.5 Å². The predicted octanol–water partition coefficient (Wildman–Crippen LogP) is 4.97. The first-order chi connectivity index (χ1) is 18.1. The van der Waals surface area contributed by atoms with Crippen molar-refractivity contribution in [2.24, 2.45) is 0 Å². The van der Waals surface area contributed by atoms with Gasteiger partial charge in [0.05, 0.1) is 18.0 Å². The Morgan fingerprint density at radius 1 is 1.21 bits per heavy atom. The Kier molecular flexibility index (Phi) is 5.96. The second-order valence-corrected chi connectivity index (χ2v) is 10.6. The van der Waals surface area contributed by atoms with Crippen molar-refractivity contribution in [1.82, 2.24) is 29.9 Å². The summed E-state index contributed by atoms with van der Waals surface area (Å²) in [5, 5.41) is 12.9. The average molecular weight is 538 g/mol. The lowest BCUT2D eigenvalue weighted by molar-refractivity contribution is -0.330. The molecule has 204 valence electrons. The minimum absolute atomic E-state index is 0.0971. The van der Waals surface area contributed by atoms with Crippen LogP contribution in [0.15, 0.2) is 18.3 Å². The Balaban J connectivity index is 1.16. The fourth-order valence-corrected chi connectivity index (χ4v) is 4.76. The zero-order valence-electron chi connectivity index (χ0n) is 20.5. The van der Waals surface area contributed by atoms with E-state index < -0.39 is 37.3 Å². The Hall–Kier alpha value is -3.42. The number of carbonyl (C=O) groups is 1. The number of fused-ring (bicyclic) bond motifs is 1. The second kappa shape index (κ2) is 9.10. The summed E-state index contributed by atoms with van der Waals surface area (Å²) < 4.78 is 63.5. The number of alkyl halides is 4. The predicted molar refractivity (Wildman–Crippen MR) is 126 cm³/mol. The Bertz CT molecular complexity index is 1350. The molecule has 3 saturated carbocycles. The number of anilines is 2. The Morgan fingerprint density at radius 3 is 2.71 bits per heavy atom. The van der Waals surface area contributed by atoms with Crippen LogP contribution >= 0.6 is 0 Å². The molecular weight excluding hydrogens is 510 g/mol. The first-order valence-corrected chi connectivity index (χ1v) is 12.6. The molecule has 3 fully saturated rings. The molecule has 3 heterocycles. The minimum atomic E-state index is -4.77. The van der Waals surface area contributed by atoms with E-state index in [1.54, 1.807) is 12.1 Å². The van der Waals surface area contributed by atoms with Gasteiger partial charge >= 0.3 is 12.5 Å². The molecule has 14 heteroatoms. The lowest BCUT2D eigenvalue weighted by Gasteiger charge is -2.19. The summed E-state index contributed by atoms with van der Waals surface area (Å²) in [6, 6.07) is 3.41. The van der Waals surface area contributed by atoms with E-state index in [1.165, 1.54) is 10.6 Å². The number of aromatic amines is 1. The molecule has 0 radical (unpaired) electrons. The highest BCUT2D eigenvalue weighted by molar-refractivity contribution is 5.69. The van der Waals surface area contributed by atoms with Gasteiger partial charge in [0.15, 0.2) is 5.82 Å². The fourth-order valence-electron chi connectivity index (χ4n) is 4.76. The molecule has 3 aliphatic rings. The van der Waals surface area contributed by atoms with Gasteiger partial charge in [-0.05, 0) is 45.4 Å². The van der Waals surface area contributed by atoms with Gasteiger partial charge in [-0.25, -0.2) is 19.2 Å². The van der Waals surface area contributed by atoms with Gasteiger partial charge in [-0.2, -0.15) is 5.10 Å². The number of imidazole rings is 1. The topological polar surface area (TPSA) is 118 Å². The number of amides is 1.